The lowest BCUT2D eigenvalue weighted by Gasteiger charge is -2.33. The van der Waals surface area contributed by atoms with Gasteiger partial charge in [-0.2, -0.15) is 8.61 Å². The Bertz CT molecular complexity index is 925. The number of piperazine rings is 1. The Morgan fingerprint density at radius 3 is 2.07 bits per heavy atom. The van der Waals surface area contributed by atoms with Crippen LogP contribution in [0.25, 0.3) is 0 Å². The third kappa shape index (κ3) is 4.58. The fourth-order valence-electron chi connectivity index (χ4n) is 3.14. The van der Waals surface area contributed by atoms with Crippen LogP contribution < -0.4 is 0 Å². The van der Waals surface area contributed by atoms with E-state index in [0.29, 0.717) is 6.42 Å². The number of hydrogen-bond donors (Lipinski definition) is 0. The van der Waals surface area contributed by atoms with Crippen LogP contribution in [-0.4, -0.2) is 70.5 Å². The van der Waals surface area contributed by atoms with Gasteiger partial charge in [-0.25, -0.2) is 21.6 Å². The number of rotatable bonds is 7. The zero-order valence-electron chi connectivity index (χ0n) is 16.9. The highest BCUT2D eigenvalue weighted by Gasteiger charge is 2.38. The third-order valence-electron chi connectivity index (χ3n) is 4.74. The standard InChI is InChI=1S/C17H28N2O7S2/c1-12(2)6-11-27(21,22)18-7-9-19(10-8-18)28(23,24)16-14(4)26-13(3)15(16)17(20)25-5/h12H,6-11H2,1-5H3. The minimum atomic E-state index is -4.04. The van der Waals surface area contributed by atoms with Crippen LogP contribution >= 0.6 is 0 Å². The van der Waals surface area contributed by atoms with Crippen LogP contribution in [0.15, 0.2) is 9.31 Å². The second-order valence-electron chi connectivity index (χ2n) is 7.21. The molecule has 1 fully saturated rings. The number of nitrogens with zero attached hydrogens (tertiary/aromatic N) is 2. The fraction of sp³-hybridized carbons (Fsp3) is 0.706. The molecule has 0 N–H and O–H groups in total. The Balaban J connectivity index is 2.22. The van der Waals surface area contributed by atoms with Gasteiger partial charge in [-0.15, -0.1) is 0 Å². The van der Waals surface area contributed by atoms with Gasteiger partial charge >= 0.3 is 5.97 Å². The maximum absolute atomic E-state index is 13.1. The van der Waals surface area contributed by atoms with Gasteiger partial charge < -0.3 is 9.15 Å². The Labute approximate surface area is 166 Å². The van der Waals surface area contributed by atoms with Crippen molar-refractivity contribution in [3.05, 3.63) is 17.1 Å². The average molecular weight is 437 g/mol. The number of esters is 1. The number of hydrogen-bond acceptors (Lipinski definition) is 7. The summed E-state index contributed by atoms with van der Waals surface area (Å²) in [5, 5.41) is 0. The molecule has 2 rings (SSSR count). The van der Waals surface area contributed by atoms with Crippen LogP contribution in [0.3, 0.4) is 0 Å². The number of sulfonamides is 2. The van der Waals surface area contributed by atoms with Crippen LogP contribution in [-0.2, 0) is 24.8 Å². The van der Waals surface area contributed by atoms with E-state index >= 15 is 0 Å². The lowest BCUT2D eigenvalue weighted by molar-refractivity contribution is 0.0594. The summed E-state index contributed by atoms with van der Waals surface area (Å²) < 4.78 is 63.7. The van der Waals surface area contributed by atoms with Crippen molar-refractivity contribution in [2.75, 3.05) is 39.0 Å². The molecule has 0 radical (unpaired) electrons. The number of ether oxygens (including phenoxy) is 1. The van der Waals surface area contributed by atoms with E-state index in [-0.39, 0.29) is 59.8 Å². The Hall–Kier alpha value is -1.43. The van der Waals surface area contributed by atoms with Gasteiger partial charge in [-0.05, 0) is 26.2 Å². The summed E-state index contributed by atoms with van der Waals surface area (Å²) in [6, 6.07) is 0. The zero-order chi connectivity index (χ0) is 21.3. The summed E-state index contributed by atoms with van der Waals surface area (Å²) in [5.74, 6) is -0.213. The molecule has 0 saturated carbocycles. The van der Waals surface area contributed by atoms with Gasteiger partial charge in [0.1, 0.15) is 22.0 Å². The van der Waals surface area contributed by atoms with Gasteiger partial charge in [0.05, 0.1) is 12.9 Å². The van der Waals surface area contributed by atoms with Crippen molar-refractivity contribution in [1.82, 2.24) is 8.61 Å². The first-order valence-electron chi connectivity index (χ1n) is 9.08. The first-order chi connectivity index (χ1) is 12.9. The average Bonchev–Trinajstić information content (AvgIpc) is 2.94. The summed E-state index contributed by atoms with van der Waals surface area (Å²) in [5.41, 5.74) is -0.119. The van der Waals surface area contributed by atoms with E-state index in [1.165, 1.54) is 29.6 Å². The molecule has 1 aromatic heterocycles. The molecular weight excluding hydrogens is 408 g/mol. The second-order valence-corrected chi connectivity index (χ2v) is 11.2. The van der Waals surface area contributed by atoms with Crippen molar-refractivity contribution in [2.24, 2.45) is 5.92 Å². The zero-order valence-corrected chi connectivity index (χ0v) is 18.5. The monoisotopic (exact) mass is 436 g/mol. The van der Waals surface area contributed by atoms with Crippen LogP contribution in [0.4, 0.5) is 0 Å². The molecule has 1 aliphatic rings. The van der Waals surface area contributed by atoms with E-state index < -0.39 is 26.0 Å². The van der Waals surface area contributed by atoms with Crippen molar-refractivity contribution >= 4 is 26.0 Å². The normalized spacial score (nSPS) is 17.2. The molecule has 11 heteroatoms. The SMILES string of the molecule is COC(=O)c1c(C)oc(C)c1S(=O)(=O)N1CCN(S(=O)(=O)CCC(C)C)CC1. The highest BCUT2D eigenvalue weighted by molar-refractivity contribution is 7.89. The van der Waals surface area contributed by atoms with Gasteiger partial charge in [0.15, 0.2) is 0 Å². The summed E-state index contributed by atoms with van der Waals surface area (Å²) in [7, 11) is -6.29. The van der Waals surface area contributed by atoms with E-state index in [0.717, 1.165) is 0 Å². The van der Waals surface area contributed by atoms with Crippen LogP contribution in [0.5, 0.6) is 0 Å². The van der Waals surface area contributed by atoms with Crippen LogP contribution in [0.1, 0.15) is 42.1 Å². The van der Waals surface area contributed by atoms with Crippen molar-refractivity contribution in [3.8, 4) is 0 Å². The summed E-state index contributed by atoms with van der Waals surface area (Å²) in [6.07, 6.45) is 0.552. The highest BCUT2D eigenvalue weighted by atomic mass is 32.2. The van der Waals surface area contributed by atoms with Crippen molar-refractivity contribution in [3.63, 3.8) is 0 Å². The molecule has 0 atom stereocenters. The number of aryl methyl sites for hydroxylation is 2. The van der Waals surface area contributed by atoms with Crippen molar-refractivity contribution in [2.45, 2.75) is 39.0 Å². The quantitative estimate of drug-likeness (QED) is 0.593. The molecule has 0 amide bonds. The smallest absolute Gasteiger partial charge is 0.342 e. The Morgan fingerprint density at radius 2 is 1.57 bits per heavy atom. The number of carbonyl (C=O) groups is 1. The minimum Gasteiger partial charge on any atom is -0.465 e. The van der Waals surface area contributed by atoms with E-state index in [4.69, 9.17) is 9.15 Å². The molecule has 0 spiro atoms. The first-order valence-corrected chi connectivity index (χ1v) is 12.1. The summed E-state index contributed by atoms with van der Waals surface area (Å²) in [6.45, 7) is 7.03. The minimum absolute atomic E-state index is 0.00746. The molecule has 28 heavy (non-hydrogen) atoms. The van der Waals surface area contributed by atoms with E-state index in [2.05, 4.69) is 0 Å². The maximum Gasteiger partial charge on any atom is 0.342 e. The topological polar surface area (TPSA) is 114 Å². The molecule has 160 valence electrons. The highest BCUT2D eigenvalue weighted by Crippen LogP contribution is 2.30. The van der Waals surface area contributed by atoms with E-state index in [1.54, 1.807) is 0 Å². The van der Waals surface area contributed by atoms with Crippen LogP contribution in [0, 0.1) is 19.8 Å². The molecule has 1 saturated heterocycles. The van der Waals surface area contributed by atoms with Gasteiger partial charge in [0.2, 0.25) is 20.0 Å². The number of methoxy groups -OCH3 is 1. The number of carbonyl (C=O) groups excluding carboxylic acids is 1. The second kappa shape index (κ2) is 8.52. The molecule has 0 aliphatic carbocycles. The molecule has 9 nitrogen and oxygen atoms in total. The van der Waals surface area contributed by atoms with E-state index in [1.807, 2.05) is 13.8 Å². The lowest BCUT2D eigenvalue weighted by Crippen LogP contribution is -2.51. The predicted octanol–water partition coefficient (Wildman–Crippen LogP) is 1.37. The maximum atomic E-state index is 13.1. The van der Waals surface area contributed by atoms with Crippen LogP contribution in [0.2, 0.25) is 0 Å². The van der Waals surface area contributed by atoms with Gasteiger partial charge in [0, 0.05) is 26.2 Å². The Morgan fingerprint density at radius 1 is 1.04 bits per heavy atom. The van der Waals surface area contributed by atoms with Gasteiger partial charge in [-0.1, -0.05) is 13.8 Å². The van der Waals surface area contributed by atoms with Gasteiger partial charge in [-0.3, -0.25) is 0 Å². The molecule has 0 unspecified atom stereocenters. The predicted molar refractivity (Wildman–Crippen MR) is 103 cm³/mol. The van der Waals surface area contributed by atoms with Crippen molar-refractivity contribution < 1.29 is 30.8 Å². The van der Waals surface area contributed by atoms with Gasteiger partial charge in [0.25, 0.3) is 0 Å². The molecule has 2 heterocycles. The largest absolute Gasteiger partial charge is 0.465 e. The van der Waals surface area contributed by atoms with E-state index in [9.17, 15) is 21.6 Å². The molecule has 1 aliphatic heterocycles. The third-order valence-corrected chi connectivity index (χ3v) is 8.69. The lowest BCUT2D eigenvalue weighted by atomic mass is 10.2. The molecule has 0 aromatic carbocycles. The summed E-state index contributed by atoms with van der Waals surface area (Å²) >= 11 is 0. The molecule has 1 aromatic rings. The van der Waals surface area contributed by atoms with Crippen molar-refractivity contribution in [1.29, 1.82) is 0 Å². The Kier molecular flexibility index (Phi) is 6.95. The summed E-state index contributed by atoms with van der Waals surface area (Å²) in [4.78, 5) is 11.8. The first kappa shape index (κ1) is 22.9. The molecular formula is C17H28N2O7S2. The number of furan rings is 1. The fourth-order valence-corrected chi connectivity index (χ4v) is 6.68. The molecule has 0 bridgehead atoms.